The first kappa shape index (κ1) is 13.4. The number of nitrogens with zero attached hydrogens (tertiary/aromatic N) is 1. The molecule has 98 valence electrons. The molecule has 0 radical (unpaired) electrons. The lowest BCUT2D eigenvalue weighted by molar-refractivity contribution is -0.111. The number of benzene rings is 1. The number of H-pyrrole nitrogens is 1. The number of anilines is 1. The van der Waals surface area contributed by atoms with E-state index in [0.29, 0.717) is 11.4 Å². The van der Waals surface area contributed by atoms with Gasteiger partial charge >= 0.3 is 0 Å². The maximum absolute atomic E-state index is 11.7. The number of halogens is 1. The van der Waals surface area contributed by atoms with Crippen molar-refractivity contribution in [1.29, 1.82) is 0 Å². The van der Waals surface area contributed by atoms with Gasteiger partial charge in [-0.15, -0.1) is 0 Å². The van der Waals surface area contributed by atoms with E-state index in [2.05, 4.69) is 31.4 Å². The van der Waals surface area contributed by atoms with E-state index in [9.17, 15) is 4.79 Å². The molecular weight excluding hydrogens is 310 g/mol. The van der Waals surface area contributed by atoms with Gasteiger partial charge in [0.05, 0.1) is 19.0 Å². The molecule has 0 bridgehead atoms. The van der Waals surface area contributed by atoms with Gasteiger partial charge in [-0.3, -0.25) is 9.89 Å². The Morgan fingerprint density at radius 1 is 1.53 bits per heavy atom. The van der Waals surface area contributed by atoms with E-state index in [1.165, 1.54) is 12.3 Å². The molecule has 2 aromatic rings. The molecule has 0 spiro atoms. The lowest BCUT2D eigenvalue weighted by Gasteiger charge is -2.04. The Morgan fingerprint density at radius 3 is 3.05 bits per heavy atom. The Labute approximate surface area is 118 Å². The highest BCUT2D eigenvalue weighted by atomic mass is 79.9. The maximum Gasteiger partial charge on any atom is 0.248 e. The van der Waals surface area contributed by atoms with Gasteiger partial charge in [0.25, 0.3) is 0 Å². The van der Waals surface area contributed by atoms with Gasteiger partial charge in [0, 0.05) is 22.3 Å². The lowest BCUT2D eigenvalue weighted by Crippen LogP contribution is -2.06. The molecule has 5 nitrogen and oxygen atoms in total. The number of carbonyl (C=O) groups excluding carboxylic acids is 1. The SMILES string of the molecule is COc1ccc(Br)cc1/C=C/C(=O)Nc1cn[nH]c1. The monoisotopic (exact) mass is 321 g/mol. The van der Waals surface area contributed by atoms with Gasteiger partial charge in [0.1, 0.15) is 5.75 Å². The Balaban J connectivity index is 2.09. The van der Waals surface area contributed by atoms with E-state index < -0.39 is 0 Å². The summed E-state index contributed by atoms with van der Waals surface area (Å²) in [7, 11) is 1.59. The number of methoxy groups -OCH3 is 1. The van der Waals surface area contributed by atoms with Crippen molar-refractivity contribution in [1.82, 2.24) is 10.2 Å². The van der Waals surface area contributed by atoms with Crippen molar-refractivity contribution in [2.75, 3.05) is 12.4 Å². The quantitative estimate of drug-likeness (QED) is 0.851. The normalized spacial score (nSPS) is 10.6. The molecule has 2 rings (SSSR count). The molecule has 0 saturated carbocycles. The van der Waals surface area contributed by atoms with Gasteiger partial charge in [0.15, 0.2) is 0 Å². The third-order valence-electron chi connectivity index (χ3n) is 2.37. The van der Waals surface area contributed by atoms with Gasteiger partial charge in [-0.25, -0.2) is 0 Å². The number of aromatic amines is 1. The maximum atomic E-state index is 11.7. The molecule has 1 aromatic carbocycles. The molecule has 6 heteroatoms. The van der Waals surface area contributed by atoms with E-state index in [0.717, 1.165) is 10.0 Å². The summed E-state index contributed by atoms with van der Waals surface area (Å²) in [6, 6.07) is 5.58. The van der Waals surface area contributed by atoms with Crippen LogP contribution in [-0.2, 0) is 4.79 Å². The van der Waals surface area contributed by atoms with Crippen LogP contribution >= 0.6 is 15.9 Å². The van der Waals surface area contributed by atoms with Crippen LogP contribution in [0.4, 0.5) is 5.69 Å². The first-order valence-electron chi connectivity index (χ1n) is 5.50. The minimum absolute atomic E-state index is 0.233. The van der Waals surface area contributed by atoms with E-state index in [1.807, 2.05) is 18.2 Å². The van der Waals surface area contributed by atoms with Gasteiger partial charge in [0.2, 0.25) is 5.91 Å². The van der Waals surface area contributed by atoms with Crippen molar-refractivity contribution in [3.05, 3.63) is 46.7 Å². The summed E-state index contributed by atoms with van der Waals surface area (Å²) in [5.41, 5.74) is 1.44. The molecule has 0 aliphatic rings. The van der Waals surface area contributed by atoms with Crippen LogP contribution in [0.15, 0.2) is 41.1 Å². The molecule has 0 fully saturated rings. The van der Waals surface area contributed by atoms with Crippen molar-refractivity contribution in [2.45, 2.75) is 0 Å². The molecule has 1 aromatic heterocycles. The largest absolute Gasteiger partial charge is 0.496 e. The predicted octanol–water partition coefficient (Wildman–Crippen LogP) is 2.83. The average molecular weight is 322 g/mol. The predicted molar refractivity (Wildman–Crippen MR) is 76.9 cm³/mol. The third kappa shape index (κ3) is 3.69. The number of hydrogen-bond donors (Lipinski definition) is 2. The number of carbonyl (C=O) groups is 1. The zero-order chi connectivity index (χ0) is 13.7. The molecule has 1 heterocycles. The van der Waals surface area contributed by atoms with Crippen molar-refractivity contribution < 1.29 is 9.53 Å². The van der Waals surface area contributed by atoms with E-state index in [4.69, 9.17) is 4.74 Å². The molecule has 0 aliphatic heterocycles. The first-order valence-corrected chi connectivity index (χ1v) is 6.30. The second-order valence-electron chi connectivity index (χ2n) is 3.70. The standard InChI is InChI=1S/C13H12BrN3O2/c1-19-12-4-3-10(14)6-9(12)2-5-13(18)17-11-7-15-16-8-11/h2-8H,1H3,(H,15,16)(H,17,18)/b5-2+. The topological polar surface area (TPSA) is 67.0 Å². The minimum Gasteiger partial charge on any atom is -0.496 e. The van der Waals surface area contributed by atoms with Gasteiger partial charge in [-0.05, 0) is 24.3 Å². The van der Waals surface area contributed by atoms with Gasteiger partial charge in [-0.2, -0.15) is 5.10 Å². The highest BCUT2D eigenvalue weighted by Crippen LogP contribution is 2.24. The van der Waals surface area contributed by atoms with E-state index in [1.54, 1.807) is 19.4 Å². The molecule has 2 N–H and O–H groups in total. The minimum atomic E-state index is -0.233. The number of rotatable bonds is 4. The second-order valence-corrected chi connectivity index (χ2v) is 4.61. The molecule has 19 heavy (non-hydrogen) atoms. The summed E-state index contributed by atoms with van der Waals surface area (Å²) in [4.78, 5) is 11.7. The number of amides is 1. The molecular formula is C13H12BrN3O2. The zero-order valence-electron chi connectivity index (χ0n) is 10.2. The summed E-state index contributed by atoms with van der Waals surface area (Å²) >= 11 is 3.38. The van der Waals surface area contributed by atoms with E-state index >= 15 is 0 Å². The Morgan fingerprint density at radius 2 is 2.37 bits per heavy atom. The summed E-state index contributed by atoms with van der Waals surface area (Å²) in [5, 5.41) is 9.03. The molecule has 0 aliphatic carbocycles. The van der Waals surface area contributed by atoms with Crippen LogP contribution in [0.1, 0.15) is 5.56 Å². The fraction of sp³-hybridized carbons (Fsp3) is 0.0769. The Hall–Kier alpha value is -2.08. The van der Waals surface area contributed by atoms with Crippen LogP contribution in [0.5, 0.6) is 5.75 Å². The smallest absolute Gasteiger partial charge is 0.248 e. The van der Waals surface area contributed by atoms with E-state index in [-0.39, 0.29) is 5.91 Å². The summed E-state index contributed by atoms with van der Waals surface area (Å²) in [6.07, 6.45) is 6.27. The zero-order valence-corrected chi connectivity index (χ0v) is 11.8. The lowest BCUT2D eigenvalue weighted by atomic mass is 10.2. The summed E-state index contributed by atoms with van der Waals surface area (Å²) in [6.45, 7) is 0. The van der Waals surface area contributed by atoms with Crippen LogP contribution in [-0.4, -0.2) is 23.2 Å². The molecule has 1 amide bonds. The van der Waals surface area contributed by atoms with Crippen LogP contribution < -0.4 is 10.1 Å². The van der Waals surface area contributed by atoms with Crippen LogP contribution in [0, 0.1) is 0 Å². The van der Waals surface area contributed by atoms with Crippen LogP contribution in [0.3, 0.4) is 0 Å². The van der Waals surface area contributed by atoms with Gasteiger partial charge < -0.3 is 10.1 Å². The van der Waals surface area contributed by atoms with Crippen LogP contribution in [0.2, 0.25) is 0 Å². The fourth-order valence-corrected chi connectivity index (χ4v) is 1.88. The molecule has 0 atom stereocenters. The fourth-order valence-electron chi connectivity index (χ4n) is 1.50. The van der Waals surface area contributed by atoms with Crippen LogP contribution in [0.25, 0.3) is 6.08 Å². The van der Waals surface area contributed by atoms with Crippen molar-refractivity contribution in [3.8, 4) is 5.75 Å². The second kappa shape index (κ2) is 6.19. The van der Waals surface area contributed by atoms with Crippen molar-refractivity contribution >= 4 is 33.6 Å². The third-order valence-corrected chi connectivity index (χ3v) is 2.87. The highest BCUT2D eigenvalue weighted by molar-refractivity contribution is 9.10. The Kier molecular flexibility index (Phi) is 4.35. The average Bonchev–Trinajstić information content (AvgIpc) is 2.89. The van der Waals surface area contributed by atoms with Crippen molar-refractivity contribution in [2.24, 2.45) is 0 Å². The number of aromatic nitrogens is 2. The molecule has 0 saturated heterocycles. The number of nitrogens with one attached hydrogen (secondary N) is 2. The van der Waals surface area contributed by atoms with Gasteiger partial charge in [-0.1, -0.05) is 15.9 Å². The van der Waals surface area contributed by atoms with Crippen molar-refractivity contribution in [3.63, 3.8) is 0 Å². The number of ether oxygens (including phenoxy) is 1. The number of hydrogen-bond acceptors (Lipinski definition) is 3. The summed E-state index contributed by atoms with van der Waals surface area (Å²) in [5.74, 6) is 0.471. The molecule has 0 unspecified atom stereocenters. The first-order chi connectivity index (χ1) is 9.19. The Bertz CT molecular complexity index is 594. The highest BCUT2D eigenvalue weighted by Gasteiger charge is 2.02. The summed E-state index contributed by atoms with van der Waals surface area (Å²) < 4.78 is 6.14.